The van der Waals surface area contributed by atoms with Crippen LogP contribution in [0.5, 0.6) is 5.75 Å². The van der Waals surface area contributed by atoms with E-state index in [1.807, 2.05) is 36.6 Å². The molecule has 0 unspecified atom stereocenters. The summed E-state index contributed by atoms with van der Waals surface area (Å²) in [6.07, 6.45) is 1.76. The van der Waals surface area contributed by atoms with Crippen molar-refractivity contribution in [3.05, 3.63) is 52.6 Å². The number of aromatic nitrogens is 3. The Morgan fingerprint density at radius 1 is 1.33 bits per heavy atom. The monoisotopic (exact) mass is 439 g/mol. The number of halogens is 1. The third-order valence-corrected chi connectivity index (χ3v) is 6.37. The highest BCUT2D eigenvalue weighted by molar-refractivity contribution is 7.17. The summed E-state index contributed by atoms with van der Waals surface area (Å²) in [6, 6.07) is 9.37. The minimum Gasteiger partial charge on any atom is -0.493 e. The van der Waals surface area contributed by atoms with Gasteiger partial charge in [-0.05, 0) is 36.6 Å². The van der Waals surface area contributed by atoms with Gasteiger partial charge < -0.3 is 15.4 Å². The molecule has 2 N–H and O–H groups in total. The second-order valence-electron chi connectivity index (χ2n) is 7.01. The van der Waals surface area contributed by atoms with E-state index in [0.29, 0.717) is 40.1 Å². The van der Waals surface area contributed by atoms with Gasteiger partial charge in [-0.25, -0.2) is 0 Å². The first-order valence-electron chi connectivity index (χ1n) is 9.41. The molecule has 152 valence electrons. The van der Waals surface area contributed by atoms with Gasteiger partial charge in [0.25, 0.3) is 5.91 Å². The van der Waals surface area contributed by atoms with Crippen LogP contribution in [0, 0.1) is 0 Å². The lowest BCUT2D eigenvalue weighted by Crippen LogP contribution is -2.38. The molecule has 1 amide bonds. The van der Waals surface area contributed by atoms with E-state index in [1.54, 1.807) is 35.4 Å². The predicted molar refractivity (Wildman–Crippen MR) is 119 cm³/mol. The maximum absolute atomic E-state index is 12.8. The van der Waals surface area contributed by atoms with Gasteiger partial charge in [-0.3, -0.25) is 14.5 Å². The zero-order valence-electron chi connectivity index (χ0n) is 16.3. The van der Waals surface area contributed by atoms with Crippen molar-refractivity contribution in [3.63, 3.8) is 0 Å². The normalized spacial score (nSPS) is 15.7. The molecule has 3 aromatic heterocycles. The Morgan fingerprint density at radius 3 is 3.03 bits per heavy atom. The quantitative estimate of drug-likeness (QED) is 0.474. The molecule has 0 radical (unpaired) electrons. The number of carbonyl (C=O) groups is 1. The van der Waals surface area contributed by atoms with E-state index >= 15 is 0 Å². The molecule has 0 saturated heterocycles. The van der Waals surface area contributed by atoms with Gasteiger partial charge in [-0.15, -0.1) is 11.3 Å². The van der Waals surface area contributed by atoms with Crippen molar-refractivity contribution in [1.29, 1.82) is 0 Å². The Bertz CT molecular complexity index is 1280. The molecule has 1 aromatic carbocycles. The van der Waals surface area contributed by atoms with E-state index in [9.17, 15) is 4.79 Å². The largest absolute Gasteiger partial charge is 0.493 e. The average molecular weight is 440 g/mol. The van der Waals surface area contributed by atoms with Gasteiger partial charge in [0.2, 0.25) is 0 Å². The summed E-state index contributed by atoms with van der Waals surface area (Å²) >= 11 is 7.91. The molecule has 9 heteroatoms. The molecule has 5 rings (SSSR count). The number of rotatable bonds is 4. The molecule has 0 bridgehead atoms. The first-order chi connectivity index (χ1) is 14.6. The highest BCUT2D eigenvalue weighted by Crippen LogP contribution is 2.42. The van der Waals surface area contributed by atoms with Crippen LogP contribution in [0.25, 0.3) is 21.5 Å². The van der Waals surface area contributed by atoms with Gasteiger partial charge in [0, 0.05) is 18.3 Å². The number of hydrogen-bond donors (Lipinski definition) is 2. The number of carbonyl (C=O) groups excluding carboxylic acids is 1. The summed E-state index contributed by atoms with van der Waals surface area (Å²) in [5.74, 6) is 0.331. The first-order valence-corrected chi connectivity index (χ1v) is 10.7. The average Bonchev–Trinajstić information content (AvgIpc) is 3.36. The fraction of sp³-hybridized carbons (Fsp3) is 0.190. The number of nitrogens with zero attached hydrogens (tertiary/aromatic N) is 3. The Balaban J connectivity index is 1.76. The summed E-state index contributed by atoms with van der Waals surface area (Å²) in [6.45, 7) is 2.55. The van der Waals surface area contributed by atoms with E-state index in [2.05, 4.69) is 15.6 Å². The molecule has 0 saturated carbocycles. The van der Waals surface area contributed by atoms with Crippen molar-refractivity contribution >= 4 is 50.4 Å². The molecule has 0 spiro atoms. The maximum Gasteiger partial charge on any atom is 0.271 e. The van der Waals surface area contributed by atoms with Crippen LogP contribution in [-0.2, 0) is 0 Å². The summed E-state index contributed by atoms with van der Waals surface area (Å²) in [7, 11) is 1.56. The van der Waals surface area contributed by atoms with Gasteiger partial charge in [-0.1, -0.05) is 17.7 Å². The van der Waals surface area contributed by atoms with Crippen LogP contribution in [0.2, 0.25) is 5.02 Å². The van der Waals surface area contributed by atoms with E-state index in [-0.39, 0.29) is 11.9 Å². The summed E-state index contributed by atoms with van der Waals surface area (Å²) in [5.41, 5.74) is 4.25. The van der Waals surface area contributed by atoms with Crippen molar-refractivity contribution in [1.82, 2.24) is 20.1 Å². The number of anilines is 2. The van der Waals surface area contributed by atoms with Gasteiger partial charge in [-0.2, -0.15) is 5.10 Å². The molecular weight excluding hydrogens is 422 g/mol. The minimum absolute atomic E-state index is 0.0221. The van der Waals surface area contributed by atoms with E-state index in [1.165, 1.54) is 0 Å². The van der Waals surface area contributed by atoms with Crippen molar-refractivity contribution in [2.45, 2.75) is 13.0 Å². The second-order valence-corrected chi connectivity index (χ2v) is 8.34. The Hall–Kier alpha value is -3.10. The van der Waals surface area contributed by atoms with Crippen molar-refractivity contribution in [2.75, 3.05) is 19.0 Å². The van der Waals surface area contributed by atoms with Crippen LogP contribution in [0.4, 0.5) is 11.4 Å². The van der Waals surface area contributed by atoms with Crippen molar-refractivity contribution in [3.8, 4) is 17.0 Å². The molecule has 4 aromatic rings. The number of ether oxygens (including phenoxy) is 1. The zero-order chi connectivity index (χ0) is 20.8. The van der Waals surface area contributed by atoms with Crippen molar-refractivity contribution < 1.29 is 9.53 Å². The second kappa shape index (κ2) is 7.30. The Morgan fingerprint density at radius 2 is 2.20 bits per heavy atom. The lowest BCUT2D eigenvalue weighted by Gasteiger charge is -2.22. The molecule has 1 aliphatic heterocycles. The summed E-state index contributed by atoms with van der Waals surface area (Å²) in [4.78, 5) is 17.3. The van der Waals surface area contributed by atoms with Crippen LogP contribution >= 0.6 is 22.9 Å². The topological polar surface area (TPSA) is 81.1 Å². The number of methoxy groups -OCH3 is 1. The number of nitrogens with one attached hydrogen (secondary N) is 2. The standard InChI is InChI=1S/C21H18ClN5O2S/c1-11-10-24-21(28)18-17(25-14-5-3-4-13(22)19(14)29-2)16(26-27(11)18)12-6-8-23-15-7-9-30-20(12)15/h3-9,11,25H,10H2,1-2H3,(H,24,28)/t11-/m0/s1. The zero-order valence-corrected chi connectivity index (χ0v) is 17.8. The molecule has 1 aliphatic rings. The Labute approximate surface area is 181 Å². The van der Waals surface area contributed by atoms with Crippen LogP contribution in [-0.4, -0.2) is 34.3 Å². The van der Waals surface area contributed by atoms with E-state index in [4.69, 9.17) is 21.4 Å². The van der Waals surface area contributed by atoms with Gasteiger partial charge in [0.1, 0.15) is 5.69 Å². The first kappa shape index (κ1) is 18.9. The minimum atomic E-state index is -0.174. The molecule has 0 fully saturated rings. The number of benzene rings is 1. The van der Waals surface area contributed by atoms with Crippen LogP contribution < -0.4 is 15.4 Å². The molecule has 4 heterocycles. The summed E-state index contributed by atoms with van der Waals surface area (Å²) in [5, 5.41) is 13.7. The van der Waals surface area contributed by atoms with E-state index in [0.717, 1.165) is 15.8 Å². The number of amides is 1. The molecular formula is C21H18ClN5O2S. The van der Waals surface area contributed by atoms with Crippen LogP contribution in [0.1, 0.15) is 23.5 Å². The number of para-hydroxylation sites is 1. The van der Waals surface area contributed by atoms with Gasteiger partial charge in [0.05, 0.1) is 39.8 Å². The smallest absolute Gasteiger partial charge is 0.271 e. The fourth-order valence-corrected chi connectivity index (χ4v) is 4.82. The molecule has 30 heavy (non-hydrogen) atoms. The molecule has 0 aliphatic carbocycles. The number of thiophene rings is 1. The predicted octanol–water partition coefficient (Wildman–Crippen LogP) is 4.87. The highest BCUT2D eigenvalue weighted by Gasteiger charge is 2.31. The lowest BCUT2D eigenvalue weighted by molar-refractivity contribution is 0.0914. The maximum atomic E-state index is 12.8. The number of pyridine rings is 1. The summed E-state index contributed by atoms with van der Waals surface area (Å²) < 4.78 is 8.29. The molecule has 7 nitrogen and oxygen atoms in total. The van der Waals surface area contributed by atoms with Crippen molar-refractivity contribution in [2.24, 2.45) is 0 Å². The number of hydrogen-bond acceptors (Lipinski definition) is 6. The van der Waals surface area contributed by atoms with Gasteiger partial charge in [0.15, 0.2) is 11.4 Å². The van der Waals surface area contributed by atoms with Gasteiger partial charge >= 0.3 is 0 Å². The van der Waals surface area contributed by atoms with E-state index < -0.39 is 0 Å². The third-order valence-electron chi connectivity index (χ3n) is 5.13. The van der Waals surface area contributed by atoms with Crippen LogP contribution in [0.3, 0.4) is 0 Å². The van der Waals surface area contributed by atoms with Crippen LogP contribution in [0.15, 0.2) is 41.9 Å². The highest BCUT2D eigenvalue weighted by atomic mass is 35.5. The number of fused-ring (bicyclic) bond motifs is 2. The molecule has 1 atom stereocenters. The fourth-order valence-electron chi connectivity index (χ4n) is 3.70. The SMILES string of the molecule is COc1c(Cl)cccc1Nc1c(-c2ccnc3ccsc23)nn2c1C(=O)NC[C@@H]2C. The third kappa shape index (κ3) is 2.91. The Kier molecular flexibility index (Phi) is 4.60. The lowest BCUT2D eigenvalue weighted by atomic mass is 10.1.